The number of ether oxygens (including phenoxy) is 2. The molecule has 0 aliphatic carbocycles. The van der Waals surface area contributed by atoms with E-state index >= 15 is 0 Å². The molecule has 2 rings (SSSR count). The summed E-state index contributed by atoms with van der Waals surface area (Å²) in [5.41, 5.74) is 0.243. The Bertz CT molecular complexity index is 921. The van der Waals surface area contributed by atoms with Crippen molar-refractivity contribution in [1.82, 2.24) is 0 Å². The third-order valence-electron chi connectivity index (χ3n) is 3.54. The van der Waals surface area contributed by atoms with E-state index in [9.17, 15) is 26.8 Å². The lowest BCUT2D eigenvalue weighted by atomic mass is 10.1. The van der Waals surface area contributed by atoms with E-state index < -0.39 is 34.3 Å². The van der Waals surface area contributed by atoms with Crippen LogP contribution in [-0.2, 0) is 14.6 Å². The molecule has 0 unspecified atom stereocenters. The van der Waals surface area contributed by atoms with Gasteiger partial charge in [0.05, 0.1) is 10.5 Å². The van der Waals surface area contributed by atoms with E-state index in [0.717, 1.165) is 6.26 Å². The van der Waals surface area contributed by atoms with Crippen molar-refractivity contribution in [2.75, 3.05) is 6.26 Å². The average molecular weight is 398 g/mol. The highest BCUT2D eigenvalue weighted by Crippen LogP contribution is 2.17. The second kappa shape index (κ2) is 8.26. The number of Topliss-reactive ketones (excluding diaryl/α,β-unsaturated/α-hetero) is 1. The molecular formula is C18H16F2O6S. The van der Waals surface area contributed by atoms with E-state index in [1.165, 1.54) is 55.5 Å². The maximum atomic E-state index is 12.3. The van der Waals surface area contributed by atoms with E-state index in [4.69, 9.17) is 4.74 Å². The fourth-order valence-corrected chi connectivity index (χ4v) is 2.79. The summed E-state index contributed by atoms with van der Waals surface area (Å²) in [5.74, 6) is -1.43. The van der Waals surface area contributed by atoms with Gasteiger partial charge in [0.2, 0.25) is 5.78 Å². The maximum absolute atomic E-state index is 12.3. The molecule has 0 radical (unpaired) electrons. The summed E-state index contributed by atoms with van der Waals surface area (Å²) in [4.78, 5) is 24.4. The normalized spacial score (nSPS) is 12.5. The second-order valence-corrected chi connectivity index (χ2v) is 7.63. The number of benzene rings is 2. The quantitative estimate of drug-likeness (QED) is 0.526. The number of hydrogen-bond donors (Lipinski definition) is 0. The van der Waals surface area contributed by atoms with Gasteiger partial charge in [0.1, 0.15) is 5.75 Å². The number of halogens is 2. The summed E-state index contributed by atoms with van der Waals surface area (Å²) in [6, 6.07) is 10.1. The Hall–Kier alpha value is -2.81. The van der Waals surface area contributed by atoms with E-state index in [-0.39, 0.29) is 21.8 Å². The summed E-state index contributed by atoms with van der Waals surface area (Å²) in [7, 11) is -3.39. The molecule has 0 aromatic heterocycles. The minimum Gasteiger partial charge on any atom is -0.451 e. The number of carbonyl (C=O) groups excluding carboxylic acids is 2. The molecule has 1 atom stereocenters. The average Bonchev–Trinajstić information content (AvgIpc) is 2.60. The molecule has 0 bridgehead atoms. The van der Waals surface area contributed by atoms with Crippen LogP contribution in [0.15, 0.2) is 53.4 Å². The summed E-state index contributed by atoms with van der Waals surface area (Å²) in [6.07, 6.45) is -0.0902. The third kappa shape index (κ3) is 5.58. The first-order valence-corrected chi connectivity index (χ1v) is 9.57. The van der Waals surface area contributed by atoms with Gasteiger partial charge in [-0.25, -0.2) is 13.2 Å². The Morgan fingerprint density at radius 2 is 1.44 bits per heavy atom. The van der Waals surface area contributed by atoms with Crippen molar-refractivity contribution in [2.24, 2.45) is 0 Å². The molecule has 144 valence electrons. The maximum Gasteiger partial charge on any atom is 0.387 e. The topological polar surface area (TPSA) is 86.7 Å². The number of carbonyl (C=O) groups is 2. The van der Waals surface area contributed by atoms with Crippen LogP contribution in [0.3, 0.4) is 0 Å². The number of ketones is 1. The van der Waals surface area contributed by atoms with Gasteiger partial charge in [0.15, 0.2) is 15.9 Å². The predicted octanol–water partition coefficient (Wildman–Crippen LogP) is 3.12. The highest BCUT2D eigenvalue weighted by atomic mass is 32.2. The minimum absolute atomic E-state index is 0.0503. The Balaban J connectivity index is 2.04. The lowest BCUT2D eigenvalue weighted by Gasteiger charge is -2.13. The molecule has 27 heavy (non-hydrogen) atoms. The number of rotatable bonds is 7. The molecule has 2 aromatic carbocycles. The second-order valence-electron chi connectivity index (χ2n) is 5.61. The van der Waals surface area contributed by atoms with Crippen molar-refractivity contribution in [2.45, 2.75) is 24.5 Å². The Morgan fingerprint density at radius 3 is 1.93 bits per heavy atom. The molecule has 2 aromatic rings. The standard InChI is InChI=1S/C18H16F2O6S/c1-11(16(21)12-3-7-14(8-4-12)26-18(19)20)25-17(22)13-5-9-15(10-6-13)27(2,23)24/h3-11,18H,1-2H3/t11-/m1/s1. The molecule has 0 N–H and O–H groups in total. The Kier molecular flexibility index (Phi) is 6.27. The molecule has 0 saturated heterocycles. The van der Waals surface area contributed by atoms with E-state index in [1.54, 1.807) is 0 Å². The van der Waals surface area contributed by atoms with Crippen molar-refractivity contribution in [3.05, 3.63) is 59.7 Å². The van der Waals surface area contributed by atoms with Crippen LogP contribution in [0.1, 0.15) is 27.6 Å². The highest BCUT2D eigenvalue weighted by molar-refractivity contribution is 7.90. The smallest absolute Gasteiger partial charge is 0.387 e. The lowest BCUT2D eigenvalue weighted by molar-refractivity contribution is -0.0498. The zero-order valence-electron chi connectivity index (χ0n) is 14.4. The van der Waals surface area contributed by atoms with Gasteiger partial charge < -0.3 is 9.47 Å². The van der Waals surface area contributed by atoms with Crippen molar-refractivity contribution in [3.63, 3.8) is 0 Å². The third-order valence-corrected chi connectivity index (χ3v) is 4.66. The van der Waals surface area contributed by atoms with Gasteiger partial charge in [0, 0.05) is 11.8 Å². The van der Waals surface area contributed by atoms with Gasteiger partial charge >= 0.3 is 12.6 Å². The van der Waals surface area contributed by atoms with E-state index in [1.807, 2.05) is 0 Å². The van der Waals surface area contributed by atoms with Crippen molar-refractivity contribution in [3.8, 4) is 5.75 Å². The number of hydrogen-bond acceptors (Lipinski definition) is 6. The molecule has 0 heterocycles. The Labute approximate surface area is 154 Å². The fraction of sp³-hybridized carbons (Fsp3) is 0.222. The molecule has 0 aliphatic heterocycles. The van der Waals surface area contributed by atoms with E-state index in [0.29, 0.717) is 0 Å². The minimum atomic E-state index is -3.39. The molecule has 0 fully saturated rings. The SMILES string of the molecule is C[C@@H](OC(=O)c1ccc(S(C)(=O)=O)cc1)C(=O)c1ccc(OC(F)F)cc1. The van der Waals surface area contributed by atoms with Crippen LogP contribution in [0, 0.1) is 0 Å². The first-order chi connectivity index (χ1) is 12.6. The summed E-state index contributed by atoms with van der Waals surface area (Å²) in [5, 5.41) is 0. The predicted molar refractivity (Wildman–Crippen MR) is 91.8 cm³/mol. The number of alkyl halides is 2. The first kappa shape index (κ1) is 20.5. The van der Waals surface area contributed by atoms with E-state index in [2.05, 4.69) is 4.74 Å². The molecule has 6 nitrogen and oxygen atoms in total. The van der Waals surface area contributed by atoms with Crippen molar-refractivity contribution >= 4 is 21.6 Å². The molecule has 0 aliphatic rings. The molecule has 9 heteroatoms. The first-order valence-electron chi connectivity index (χ1n) is 7.68. The largest absolute Gasteiger partial charge is 0.451 e. The van der Waals surface area contributed by atoms with Crippen LogP contribution in [-0.4, -0.2) is 39.1 Å². The van der Waals surface area contributed by atoms with Crippen LogP contribution >= 0.6 is 0 Å². The van der Waals surface area contributed by atoms with Crippen LogP contribution in [0.5, 0.6) is 5.75 Å². The molecule has 0 saturated carbocycles. The van der Waals surface area contributed by atoms with Crippen molar-refractivity contribution in [1.29, 1.82) is 0 Å². The van der Waals surface area contributed by atoms with Gasteiger partial charge in [-0.05, 0) is 55.5 Å². The number of esters is 1. The lowest BCUT2D eigenvalue weighted by Crippen LogP contribution is -2.24. The monoisotopic (exact) mass is 398 g/mol. The van der Waals surface area contributed by atoms with Gasteiger partial charge in [-0.3, -0.25) is 4.79 Å². The van der Waals surface area contributed by atoms with Crippen LogP contribution < -0.4 is 4.74 Å². The number of sulfone groups is 1. The van der Waals surface area contributed by atoms with Crippen LogP contribution in [0.25, 0.3) is 0 Å². The summed E-state index contributed by atoms with van der Waals surface area (Å²) < 4.78 is 56.3. The van der Waals surface area contributed by atoms with Gasteiger partial charge in [-0.2, -0.15) is 8.78 Å². The van der Waals surface area contributed by atoms with Crippen LogP contribution in [0.4, 0.5) is 8.78 Å². The van der Waals surface area contributed by atoms with Gasteiger partial charge in [-0.15, -0.1) is 0 Å². The molecule has 0 spiro atoms. The highest BCUT2D eigenvalue weighted by Gasteiger charge is 2.21. The summed E-state index contributed by atoms with van der Waals surface area (Å²) >= 11 is 0. The zero-order valence-corrected chi connectivity index (χ0v) is 15.2. The van der Waals surface area contributed by atoms with Gasteiger partial charge in [-0.1, -0.05) is 0 Å². The van der Waals surface area contributed by atoms with Crippen molar-refractivity contribution < 1.29 is 36.3 Å². The van der Waals surface area contributed by atoms with Crippen LogP contribution in [0.2, 0.25) is 0 Å². The Morgan fingerprint density at radius 1 is 0.926 bits per heavy atom. The zero-order chi connectivity index (χ0) is 20.2. The molecular weight excluding hydrogens is 382 g/mol. The summed E-state index contributed by atoms with van der Waals surface area (Å²) in [6.45, 7) is -1.60. The molecule has 0 amide bonds. The van der Waals surface area contributed by atoms with Gasteiger partial charge in [0.25, 0.3) is 0 Å². The fourth-order valence-electron chi connectivity index (χ4n) is 2.16.